The molecule has 0 aliphatic carbocycles. The fraction of sp³-hybridized carbons (Fsp3) is 0.500. The first-order chi connectivity index (χ1) is 9.51. The summed E-state index contributed by atoms with van der Waals surface area (Å²) >= 11 is 0. The Morgan fingerprint density at radius 2 is 2.20 bits per heavy atom. The van der Waals surface area contributed by atoms with Crippen molar-refractivity contribution in [1.82, 2.24) is 10.2 Å². The van der Waals surface area contributed by atoms with Gasteiger partial charge in [-0.1, -0.05) is 0 Å². The number of amides is 3. The molecule has 3 amide bonds. The highest BCUT2D eigenvalue weighted by Gasteiger charge is 2.47. The minimum Gasteiger partial charge on any atom is -0.394 e. The quantitative estimate of drug-likeness (QED) is 0.453. The molecule has 10 heteroatoms. The number of carbonyl (C=O) groups is 2. The summed E-state index contributed by atoms with van der Waals surface area (Å²) in [5.41, 5.74) is -0.184. The van der Waals surface area contributed by atoms with Crippen molar-refractivity contribution < 1.29 is 24.5 Å². The average Bonchev–Trinajstić information content (AvgIpc) is 2.89. The Balaban J connectivity index is 1.90. The van der Waals surface area contributed by atoms with Crippen LogP contribution in [-0.2, 0) is 9.53 Å². The van der Waals surface area contributed by atoms with Crippen LogP contribution >= 0.6 is 0 Å². The van der Waals surface area contributed by atoms with Crippen molar-refractivity contribution in [2.45, 2.75) is 24.9 Å². The number of hydrogen-bond acceptors (Lipinski definition) is 6. The van der Waals surface area contributed by atoms with E-state index in [4.69, 9.17) is 15.3 Å². The minimum absolute atomic E-state index is 0.0632. The summed E-state index contributed by atoms with van der Waals surface area (Å²) in [6.45, 7) is -0.393. The van der Waals surface area contributed by atoms with Gasteiger partial charge in [0.15, 0.2) is 11.5 Å². The van der Waals surface area contributed by atoms with Crippen molar-refractivity contribution in [2.24, 2.45) is 9.98 Å². The van der Waals surface area contributed by atoms with Crippen LogP contribution in [0, 0.1) is 5.41 Å². The highest BCUT2D eigenvalue weighted by Crippen LogP contribution is 2.27. The van der Waals surface area contributed by atoms with Gasteiger partial charge in [-0.05, 0) is 0 Å². The lowest BCUT2D eigenvalue weighted by Crippen LogP contribution is -2.50. The fourth-order valence-corrected chi connectivity index (χ4v) is 2.26. The molecule has 3 rings (SSSR count). The summed E-state index contributed by atoms with van der Waals surface area (Å²) in [4.78, 5) is 31.8. The number of nitrogens with one attached hydrogen (secondary N) is 2. The van der Waals surface area contributed by atoms with Crippen LogP contribution in [0.1, 0.15) is 6.42 Å². The molecule has 0 saturated carbocycles. The maximum atomic E-state index is 11.9. The maximum absolute atomic E-state index is 11.9. The lowest BCUT2D eigenvalue weighted by molar-refractivity contribution is -0.113. The van der Waals surface area contributed by atoms with Crippen LogP contribution in [-0.4, -0.2) is 69.6 Å². The number of aliphatic hydroxyl groups is 2. The van der Waals surface area contributed by atoms with Crippen molar-refractivity contribution in [1.29, 1.82) is 5.41 Å². The molecule has 1 fully saturated rings. The Bertz CT molecular complexity index is 570. The molecule has 20 heavy (non-hydrogen) atoms. The topological polar surface area (TPSA) is 148 Å². The van der Waals surface area contributed by atoms with E-state index in [1.54, 1.807) is 0 Å². The van der Waals surface area contributed by atoms with Gasteiger partial charge in [0.05, 0.1) is 12.7 Å². The molecular weight excluding hydrogens is 270 g/mol. The van der Waals surface area contributed by atoms with Gasteiger partial charge in [-0.3, -0.25) is 15.5 Å². The van der Waals surface area contributed by atoms with E-state index in [1.807, 2.05) is 0 Å². The highest BCUT2D eigenvalue weighted by atomic mass is 16.5. The molecule has 0 bridgehead atoms. The normalized spacial score (nSPS) is 33.0. The van der Waals surface area contributed by atoms with Gasteiger partial charge in [-0.25, -0.2) is 9.69 Å². The van der Waals surface area contributed by atoms with Crippen molar-refractivity contribution >= 4 is 29.4 Å². The Labute approximate surface area is 112 Å². The van der Waals surface area contributed by atoms with Gasteiger partial charge >= 0.3 is 6.03 Å². The lowest BCUT2D eigenvalue weighted by atomic mass is 10.2. The number of ether oxygens (including phenoxy) is 1. The molecular formula is C10H11N5O5. The summed E-state index contributed by atoms with van der Waals surface area (Å²) < 4.78 is 5.35. The number of nitrogens with zero attached hydrogens (tertiary/aromatic N) is 3. The third-order valence-corrected chi connectivity index (χ3v) is 3.19. The van der Waals surface area contributed by atoms with Crippen LogP contribution in [0.4, 0.5) is 4.79 Å². The summed E-state index contributed by atoms with van der Waals surface area (Å²) in [6.07, 6.45) is -2.56. The van der Waals surface area contributed by atoms with E-state index in [0.717, 1.165) is 4.90 Å². The number of urea groups is 1. The molecule has 10 nitrogen and oxygen atoms in total. The Hall–Kier alpha value is -2.17. The second-order valence-corrected chi connectivity index (χ2v) is 4.47. The molecule has 0 aromatic heterocycles. The van der Waals surface area contributed by atoms with E-state index in [0.29, 0.717) is 0 Å². The van der Waals surface area contributed by atoms with Crippen LogP contribution in [0.5, 0.6) is 0 Å². The van der Waals surface area contributed by atoms with Crippen molar-refractivity contribution in [2.75, 3.05) is 6.61 Å². The van der Waals surface area contributed by atoms with E-state index in [-0.39, 0.29) is 18.0 Å². The average molecular weight is 281 g/mol. The second-order valence-electron chi connectivity index (χ2n) is 4.47. The number of carbonyl (C=O) groups excluding carboxylic acids is 2. The third-order valence-electron chi connectivity index (χ3n) is 3.19. The van der Waals surface area contributed by atoms with Crippen molar-refractivity contribution in [3.8, 4) is 0 Å². The number of aliphatic imine (C=N–C) groups is 2. The predicted molar refractivity (Wildman–Crippen MR) is 64.3 cm³/mol. The first-order valence-electron chi connectivity index (χ1n) is 5.86. The molecule has 106 valence electrons. The molecule has 3 aliphatic rings. The number of fused-ring (bicyclic) bond motifs is 1. The first kappa shape index (κ1) is 12.8. The monoisotopic (exact) mass is 281 g/mol. The summed E-state index contributed by atoms with van der Waals surface area (Å²) in [5.74, 6) is -1.16. The lowest BCUT2D eigenvalue weighted by Gasteiger charge is -2.24. The minimum atomic E-state index is -0.931. The summed E-state index contributed by atoms with van der Waals surface area (Å²) in [7, 11) is 0. The number of hydrogen-bond donors (Lipinski definition) is 4. The van der Waals surface area contributed by atoms with Crippen LogP contribution < -0.4 is 5.32 Å². The molecule has 0 aromatic rings. The van der Waals surface area contributed by atoms with Crippen molar-refractivity contribution in [3.05, 3.63) is 0 Å². The van der Waals surface area contributed by atoms with E-state index in [9.17, 15) is 14.7 Å². The zero-order valence-corrected chi connectivity index (χ0v) is 10.1. The first-order valence-corrected chi connectivity index (χ1v) is 5.86. The summed E-state index contributed by atoms with van der Waals surface area (Å²) in [6, 6.07) is -0.751. The molecule has 0 radical (unpaired) electrons. The van der Waals surface area contributed by atoms with Gasteiger partial charge in [0.2, 0.25) is 5.96 Å². The predicted octanol–water partition coefficient (Wildman–Crippen LogP) is -2.21. The Morgan fingerprint density at radius 3 is 2.85 bits per heavy atom. The van der Waals surface area contributed by atoms with E-state index in [1.165, 1.54) is 0 Å². The van der Waals surface area contributed by atoms with Crippen LogP contribution in [0.25, 0.3) is 0 Å². The van der Waals surface area contributed by atoms with E-state index < -0.39 is 42.9 Å². The van der Waals surface area contributed by atoms with Gasteiger partial charge in [0.1, 0.15) is 12.3 Å². The van der Waals surface area contributed by atoms with Crippen LogP contribution in [0.2, 0.25) is 0 Å². The molecule has 3 aliphatic heterocycles. The van der Waals surface area contributed by atoms with Crippen LogP contribution in [0.3, 0.4) is 0 Å². The molecule has 1 saturated heterocycles. The van der Waals surface area contributed by atoms with Gasteiger partial charge < -0.3 is 14.9 Å². The fourth-order valence-electron chi connectivity index (χ4n) is 2.26. The SMILES string of the molecule is N=C1N=C2C(=NC(=O)N2C2CC(O)C(CO)O2)C(=O)N1. The van der Waals surface area contributed by atoms with Crippen molar-refractivity contribution in [3.63, 3.8) is 0 Å². The summed E-state index contributed by atoms with van der Waals surface area (Å²) in [5, 5.41) is 28.2. The standard InChI is InChI=1S/C10H11N5O5/c11-9-13-7-6(8(18)14-9)12-10(19)15(7)5-1-3(17)4(2-16)20-5/h3-5,16-17H,1-2H2,(H2,11,14,18). The van der Waals surface area contributed by atoms with E-state index in [2.05, 4.69) is 15.3 Å². The number of rotatable bonds is 2. The molecule has 3 unspecified atom stereocenters. The van der Waals surface area contributed by atoms with Crippen LogP contribution in [0.15, 0.2) is 9.98 Å². The zero-order valence-electron chi connectivity index (χ0n) is 10.1. The second kappa shape index (κ2) is 4.44. The van der Waals surface area contributed by atoms with E-state index >= 15 is 0 Å². The number of aliphatic hydroxyl groups excluding tert-OH is 2. The van der Waals surface area contributed by atoms with Gasteiger partial charge in [0.25, 0.3) is 5.91 Å². The molecule has 0 aromatic carbocycles. The molecule has 3 heterocycles. The number of guanidine groups is 1. The zero-order chi connectivity index (χ0) is 14.4. The third kappa shape index (κ3) is 1.81. The molecule has 4 N–H and O–H groups in total. The smallest absolute Gasteiger partial charge is 0.352 e. The van der Waals surface area contributed by atoms with Gasteiger partial charge in [0, 0.05) is 6.42 Å². The highest BCUT2D eigenvalue weighted by molar-refractivity contribution is 6.72. The molecule has 0 spiro atoms. The largest absolute Gasteiger partial charge is 0.394 e. The Morgan fingerprint density at radius 1 is 1.45 bits per heavy atom. The maximum Gasteiger partial charge on any atom is 0.352 e. The van der Waals surface area contributed by atoms with Gasteiger partial charge in [-0.2, -0.15) is 9.98 Å². The van der Waals surface area contributed by atoms with Gasteiger partial charge in [-0.15, -0.1) is 0 Å². The Kier molecular flexibility index (Phi) is 2.85. The molecule has 3 atom stereocenters. The number of amidine groups is 1.